The Labute approximate surface area is 237 Å². The third-order valence-electron chi connectivity index (χ3n) is 6.82. The van der Waals surface area contributed by atoms with E-state index in [4.69, 9.17) is 9.47 Å². The molecule has 1 aromatic heterocycles. The number of nitrogens with one attached hydrogen (secondary N) is 2. The van der Waals surface area contributed by atoms with Crippen molar-refractivity contribution in [2.24, 2.45) is 5.92 Å². The monoisotopic (exact) mass is 573 g/mol. The van der Waals surface area contributed by atoms with Crippen LogP contribution >= 0.6 is 23.1 Å². The summed E-state index contributed by atoms with van der Waals surface area (Å²) in [5, 5.41) is 2.69. The van der Waals surface area contributed by atoms with Crippen LogP contribution in [0.3, 0.4) is 0 Å². The second kappa shape index (κ2) is 10.7. The molecule has 0 radical (unpaired) electrons. The number of imide groups is 1. The Bertz CT molecular complexity index is 1630. The molecule has 202 valence electrons. The third kappa shape index (κ3) is 4.78. The number of nitrogens with zero attached hydrogens (tertiary/aromatic N) is 1. The first-order chi connectivity index (χ1) is 19.4. The Hall–Kier alpha value is -4.35. The minimum Gasteiger partial charge on any atom is -0.497 e. The van der Waals surface area contributed by atoms with Crippen LogP contribution in [0.1, 0.15) is 16.4 Å². The molecular weight excluding hydrogens is 550 g/mol. The van der Waals surface area contributed by atoms with Gasteiger partial charge in [0.25, 0.3) is 5.91 Å². The van der Waals surface area contributed by atoms with Gasteiger partial charge in [0.05, 0.1) is 23.7 Å². The standard InChI is InChI=1S/C29H23N3O6S2/c1-37-19-13-9-18(10-14-19)32-27(34)23-22(24-26(31-29(36)40-24)39-25(23)28(32)35)16-7-11-20(12-8-16)38-15-21(33)30-17-5-3-2-4-6-17/h2-14,22-23,25H,15H2,1H3,(H,30,33)(H,31,36)/t22-,23?,25?/m1/s1. The van der Waals surface area contributed by atoms with E-state index in [0.717, 1.165) is 21.8 Å². The van der Waals surface area contributed by atoms with E-state index in [1.807, 2.05) is 30.3 Å². The minimum absolute atomic E-state index is 0.174. The predicted molar refractivity (Wildman–Crippen MR) is 152 cm³/mol. The summed E-state index contributed by atoms with van der Waals surface area (Å²) in [7, 11) is 1.55. The lowest BCUT2D eigenvalue weighted by molar-refractivity contribution is -0.122. The van der Waals surface area contributed by atoms with Gasteiger partial charge in [-0.05, 0) is 54.1 Å². The molecule has 3 aromatic carbocycles. The Morgan fingerprint density at radius 3 is 2.33 bits per heavy atom. The van der Waals surface area contributed by atoms with Gasteiger partial charge in [0.1, 0.15) is 16.7 Å². The fourth-order valence-corrected chi connectivity index (χ4v) is 7.52. The van der Waals surface area contributed by atoms with Gasteiger partial charge in [0, 0.05) is 16.5 Å². The maximum absolute atomic E-state index is 13.8. The molecule has 40 heavy (non-hydrogen) atoms. The average Bonchev–Trinajstić information content (AvgIpc) is 3.47. The van der Waals surface area contributed by atoms with Gasteiger partial charge in [-0.2, -0.15) is 0 Å². The largest absolute Gasteiger partial charge is 0.497 e. The highest BCUT2D eigenvalue weighted by Crippen LogP contribution is 2.53. The Morgan fingerprint density at radius 2 is 1.62 bits per heavy atom. The molecule has 0 spiro atoms. The van der Waals surface area contributed by atoms with Crippen molar-refractivity contribution in [1.82, 2.24) is 4.98 Å². The Balaban J connectivity index is 1.25. The van der Waals surface area contributed by atoms with Crippen LogP contribution in [0.2, 0.25) is 0 Å². The number of benzene rings is 3. The predicted octanol–water partition coefficient (Wildman–Crippen LogP) is 4.26. The summed E-state index contributed by atoms with van der Waals surface area (Å²) in [5.74, 6) is -1.03. The molecule has 0 saturated carbocycles. The SMILES string of the molecule is COc1ccc(N2C(=O)C3Sc4[nH]c(=O)sc4[C@H](c4ccc(OCC(=O)Nc5ccccc5)cc4)C3C2=O)cc1. The maximum atomic E-state index is 13.8. The van der Waals surface area contributed by atoms with Crippen LogP contribution in [0.15, 0.2) is 88.7 Å². The maximum Gasteiger partial charge on any atom is 0.305 e. The van der Waals surface area contributed by atoms with Gasteiger partial charge < -0.3 is 19.8 Å². The summed E-state index contributed by atoms with van der Waals surface area (Å²) >= 11 is 2.28. The van der Waals surface area contributed by atoms with Gasteiger partial charge in [-0.1, -0.05) is 53.4 Å². The zero-order valence-corrected chi connectivity index (χ0v) is 22.8. The molecule has 1 fully saturated rings. The second-order valence-corrected chi connectivity index (χ2v) is 11.4. The number of H-pyrrole nitrogens is 1. The van der Waals surface area contributed by atoms with Crippen LogP contribution in [0.5, 0.6) is 11.5 Å². The summed E-state index contributed by atoms with van der Waals surface area (Å²) in [4.78, 5) is 56.5. The van der Waals surface area contributed by atoms with E-state index in [2.05, 4.69) is 10.3 Å². The van der Waals surface area contributed by atoms with Crippen molar-refractivity contribution in [3.8, 4) is 11.5 Å². The number of thioether (sulfide) groups is 1. The van der Waals surface area contributed by atoms with Crippen molar-refractivity contribution in [1.29, 1.82) is 0 Å². The summed E-state index contributed by atoms with van der Waals surface area (Å²) in [5.41, 5.74) is 1.92. The number of aromatic amines is 1. The fraction of sp³-hybridized carbons (Fsp3) is 0.172. The van der Waals surface area contributed by atoms with Gasteiger partial charge in [-0.15, -0.1) is 0 Å². The summed E-state index contributed by atoms with van der Waals surface area (Å²) < 4.78 is 10.9. The third-order valence-corrected chi connectivity index (χ3v) is 9.22. The first-order valence-electron chi connectivity index (χ1n) is 12.4. The number of para-hydroxylation sites is 1. The lowest BCUT2D eigenvalue weighted by Crippen LogP contribution is -2.32. The molecule has 3 heterocycles. The number of ether oxygens (including phenoxy) is 2. The van der Waals surface area contributed by atoms with E-state index in [1.54, 1.807) is 55.6 Å². The smallest absolute Gasteiger partial charge is 0.305 e. The summed E-state index contributed by atoms with van der Waals surface area (Å²) in [6.45, 7) is -0.174. The second-order valence-electron chi connectivity index (χ2n) is 9.23. The number of aromatic nitrogens is 1. The molecule has 3 atom stereocenters. The number of methoxy groups -OCH3 is 1. The molecular formula is C29H23N3O6S2. The lowest BCUT2D eigenvalue weighted by atomic mass is 9.83. The summed E-state index contributed by atoms with van der Waals surface area (Å²) in [6, 6.07) is 22.9. The zero-order valence-electron chi connectivity index (χ0n) is 21.2. The van der Waals surface area contributed by atoms with E-state index >= 15 is 0 Å². The van der Waals surface area contributed by atoms with E-state index in [1.165, 1.54) is 16.7 Å². The van der Waals surface area contributed by atoms with Gasteiger partial charge in [0.2, 0.25) is 11.8 Å². The van der Waals surface area contributed by atoms with Crippen LogP contribution in [0.4, 0.5) is 11.4 Å². The molecule has 9 nitrogen and oxygen atoms in total. The van der Waals surface area contributed by atoms with Gasteiger partial charge in [-0.3, -0.25) is 19.2 Å². The molecule has 0 aliphatic carbocycles. The van der Waals surface area contributed by atoms with E-state index in [9.17, 15) is 19.2 Å². The van der Waals surface area contributed by atoms with Gasteiger partial charge in [0.15, 0.2) is 6.61 Å². The number of thiazole rings is 1. The van der Waals surface area contributed by atoms with Crippen LogP contribution in [-0.4, -0.2) is 41.7 Å². The fourth-order valence-electron chi connectivity index (χ4n) is 5.00. The van der Waals surface area contributed by atoms with E-state index < -0.39 is 17.1 Å². The molecule has 11 heteroatoms. The first kappa shape index (κ1) is 25.9. The molecule has 2 unspecified atom stereocenters. The molecule has 3 amide bonds. The van der Waals surface area contributed by atoms with Crippen LogP contribution in [0, 0.1) is 5.92 Å². The van der Waals surface area contributed by atoms with Crippen LogP contribution in [0.25, 0.3) is 0 Å². The number of rotatable bonds is 7. The topological polar surface area (TPSA) is 118 Å². The van der Waals surface area contributed by atoms with Crippen molar-refractivity contribution in [3.63, 3.8) is 0 Å². The Kier molecular flexibility index (Phi) is 6.91. The van der Waals surface area contributed by atoms with Crippen LogP contribution < -0.4 is 24.6 Å². The van der Waals surface area contributed by atoms with Crippen molar-refractivity contribution in [2.45, 2.75) is 16.2 Å². The molecule has 0 bridgehead atoms. The van der Waals surface area contributed by atoms with E-state index in [-0.39, 0.29) is 29.2 Å². The van der Waals surface area contributed by atoms with Crippen molar-refractivity contribution < 1.29 is 23.9 Å². The number of fused-ring (bicyclic) bond motifs is 2. The van der Waals surface area contributed by atoms with Crippen molar-refractivity contribution in [2.75, 3.05) is 23.9 Å². The Morgan fingerprint density at radius 1 is 0.925 bits per heavy atom. The molecule has 6 rings (SSSR count). The quantitative estimate of drug-likeness (QED) is 0.317. The van der Waals surface area contributed by atoms with Crippen LogP contribution in [-0.2, 0) is 14.4 Å². The zero-order chi connectivity index (χ0) is 27.8. The molecule has 2 aliphatic heterocycles. The highest BCUT2D eigenvalue weighted by atomic mass is 32.2. The number of carbonyl (C=O) groups excluding carboxylic acids is 3. The number of hydrogen-bond donors (Lipinski definition) is 2. The minimum atomic E-state index is -0.693. The highest BCUT2D eigenvalue weighted by molar-refractivity contribution is 8.00. The lowest BCUT2D eigenvalue weighted by Gasteiger charge is -2.29. The number of amides is 3. The highest BCUT2D eigenvalue weighted by Gasteiger charge is 2.56. The first-order valence-corrected chi connectivity index (χ1v) is 14.1. The van der Waals surface area contributed by atoms with Gasteiger partial charge >= 0.3 is 4.87 Å². The van der Waals surface area contributed by atoms with Gasteiger partial charge in [-0.25, -0.2) is 4.90 Å². The number of hydrogen-bond acceptors (Lipinski definition) is 8. The number of carbonyl (C=O) groups is 3. The molecule has 1 saturated heterocycles. The molecule has 4 aromatic rings. The summed E-state index contributed by atoms with van der Waals surface area (Å²) in [6.07, 6.45) is 0. The van der Waals surface area contributed by atoms with E-state index in [0.29, 0.717) is 27.9 Å². The van der Waals surface area contributed by atoms with Crippen molar-refractivity contribution in [3.05, 3.63) is 99.0 Å². The molecule has 2 N–H and O–H groups in total. The van der Waals surface area contributed by atoms with Crippen molar-refractivity contribution >= 4 is 52.2 Å². The average molecular weight is 574 g/mol. The molecule has 2 aliphatic rings. The normalized spacial score (nSPS) is 19.6. The number of anilines is 2.